The van der Waals surface area contributed by atoms with Gasteiger partial charge in [-0.05, 0) is 49.9 Å². The molecular formula is C25H28Cl2N4O4. The number of carbonyl (C=O) groups excluding carboxylic acids is 1. The van der Waals surface area contributed by atoms with E-state index in [4.69, 9.17) is 38.8 Å². The summed E-state index contributed by atoms with van der Waals surface area (Å²) in [6.45, 7) is 3.33. The van der Waals surface area contributed by atoms with Crippen LogP contribution in [0.3, 0.4) is 0 Å². The molecule has 2 aromatic carbocycles. The first-order valence-corrected chi connectivity index (χ1v) is 12.4. The Labute approximate surface area is 214 Å². The number of rotatable bonds is 5. The average molecular weight is 519 g/mol. The predicted molar refractivity (Wildman–Crippen MR) is 136 cm³/mol. The van der Waals surface area contributed by atoms with Crippen LogP contribution in [0.15, 0.2) is 47.5 Å². The Morgan fingerprint density at radius 1 is 0.914 bits per heavy atom. The molecule has 0 aromatic heterocycles. The highest BCUT2D eigenvalue weighted by Gasteiger charge is 2.30. The zero-order valence-corrected chi connectivity index (χ0v) is 20.7. The number of halogens is 2. The highest BCUT2D eigenvalue weighted by Crippen LogP contribution is 2.29. The number of ether oxygens (including phenoxy) is 1. The summed E-state index contributed by atoms with van der Waals surface area (Å²) in [7, 11) is 0. The van der Waals surface area contributed by atoms with Crippen molar-refractivity contribution in [3.63, 3.8) is 0 Å². The van der Waals surface area contributed by atoms with Crippen LogP contribution in [0.25, 0.3) is 0 Å². The largest absolute Gasteiger partial charge is 0.490 e. The molecule has 35 heavy (non-hydrogen) atoms. The first kappa shape index (κ1) is 25.3. The molecule has 0 unspecified atom stereocenters. The smallest absolute Gasteiger partial charge is 0.433 e. The van der Waals surface area contributed by atoms with Crippen molar-refractivity contribution in [1.29, 1.82) is 0 Å². The Morgan fingerprint density at radius 2 is 1.54 bits per heavy atom. The van der Waals surface area contributed by atoms with E-state index in [9.17, 15) is 9.59 Å². The average Bonchev–Trinajstić information content (AvgIpc) is 2.86. The number of hydrogen-bond acceptors (Lipinski definition) is 4. The molecule has 0 atom stereocenters. The van der Waals surface area contributed by atoms with Crippen LogP contribution in [-0.4, -0.2) is 71.1 Å². The van der Waals surface area contributed by atoms with Crippen LogP contribution in [0.5, 0.6) is 5.75 Å². The number of aliphatic imine (C=N–C) groups is 1. The van der Waals surface area contributed by atoms with E-state index in [2.05, 4.69) is 9.89 Å². The topological polar surface area (TPSA) is 108 Å². The van der Waals surface area contributed by atoms with Crippen LogP contribution in [-0.2, 0) is 0 Å². The van der Waals surface area contributed by atoms with Gasteiger partial charge in [-0.2, -0.15) is 4.99 Å². The maximum absolute atomic E-state index is 12.9. The van der Waals surface area contributed by atoms with E-state index < -0.39 is 6.09 Å². The summed E-state index contributed by atoms with van der Waals surface area (Å²) >= 11 is 12.1. The number of piperidine rings is 2. The van der Waals surface area contributed by atoms with Gasteiger partial charge in [-0.25, -0.2) is 4.79 Å². The minimum Gasteiger partial charge on any atom is -0.490 e. The lowest BCUT2D eigenvalue weighted by Crippen LogP contribution is -2.50. The summed E-state index contributed by atoms with van der Waals surface area (Å²) in [5.41, 5.74) is 6.68. The summed E-state index contributed by atoms with van der Waals surface area (Å²) in [6.07, 6.45) is 2.55. The molecule has 2 saturated heterocycles. The summed E-state index contributed by atoms with van der Waals surface area (Å²) in [6, 6.07) is 12.4. The Bertz CT molecular complexity index is 1090. The van der Waals surface area contributed by atoms with E-state index in [1.54, 1.807) is 36.4 Å². The Morgan fingerprint density at radius 3 is 2.14 bits per heavy atom. The van der Waals surface area contributed by atoms with E-state index in [0.29, 0.717) is 40.3 Å². The van der Waals surface area contributed by atoms with E-state index in [1.807, 2.05) is 11.0 Å². The number of hydrogen-bond donors (Lipinski definition) is 2. The van der Waals surface area contributed by atoms with Crippen molar-refractivity contribution >= 4 is 41.0 Å². The summed E-state index contributed by atoms with van der Waals surface area (Å²) in [4.78, 5) is 31.3. The Kier molecular flexibility index (Phi) is 8.15. The number of carboxylic acid groups (broad SMARTS) is 1. The predicted octanol–water partition coefficient (Wildman–Crippen LogP) is 4.52. The molecule has 2 fully saturated rings. The van der Waals surface area contributed by atoms with E-state index in [-0.39, 0.29) is 17.8 Å². The van der Waals surface area contributed by atoms with Crippen molar-refractivity contribution in [1.82, 2.24) is 9.80 Å². The number of nitrogens with zero attached hydrogens (tertiary/aromatic N) is 3. The van der Waals surface area contributed by atoms with Gasteiger partial charge in [-0.3, -0.25) is 9.69 Å². The molecule has 0 radical (unpaired) electrons. The van der Waals surface area contributed by atoms with Gasteiger partial charge in [-0.1, -0.05) is 35.3 Å². The lowest BCUT2D eigenvalue weighted by atomic mass is 9.98. The third-order valence-corrected chi connectivity index (χ3v) is 7.32. The minimum atomic E-state index is -1.35. The molecule has 2 aliphatic rings. The molecule has 2 amide bonds. The summed E-state index contributed by atoms with van der Waals surface area (Å²) in [5.74, 6) is 0.621. The number of amidine groups is 1. The number of nitrogens with two attached hydrogens (primary N) is 1. The molecule has 0 bridgehead atoms. The fourth-order valence-corrected chi connectivity index (χ4v) is 4.96. The van der Waals surface area contributed by atoms with Gasteiger partial charge in [0.25, 0.3) is 5.91 Å². The lowest BCUT2D eigenvalue weighted by Gasteiger charge is -2.41. The number of likely N-dealkylation sites (tertiary alicyclic amines) is 2. The van der Waals surface area contributed by atoms with E-state index in [0.717, 1.165) is 44.5 Å². The SMILES string of the molecule is NC(=NC(=O)O)c1ccc(C(=O)N2CCC(N3CCC(Oc4ccc(Cl)c(Cl)c4)CC3)CC2)cc1. The van der Waals surface area contributed by atoms with Crippen molar-refractivity contribution in [3.8, 4) is 5.75 Å². The Balaban J connectivity index is 1.24. The van der Waals surface area contributed by atoms with Gasteiger partial charge in [0.1, 0.15) is 17.7 Å². The molecule has 10 heteroatoms. The second kappa shape index (κ2) is 11.3. The first-order valence-electron chi connectivity index (χ1n) is 11.6. The molecular weight excluding hydrogens is 491 g/mol. The van der Waals surface area contributed by atoms with E-state index in [1.165, 1.54) is 0 Å². The van der Waals surface area contributed by atoms with Gasteiger partial charge in [0.15, 0.2) is 0 Å². The fourth-order valence-electron chi connectivity index (χ4n) is 4.67. The second-order valence-corrected chi connectivity index (χ2v) is 9.62. The van der Waals surface area contributed by atoms with Crippen molar-refractivity contribution in [2.45, 2.75) is 37.8 Å². The zero-order chi connectivity index (χ0) is 24.9. The molecule has 186 valence electrons. The van der Waals surface area contributed by atoms with Crippen LogP contribution in [0.4, 0.5) is 4.79 Å². The number of amides is 2. The van der Waals surface area contributed by atoms with Crippen molar-refractivity contribution in [2.24, 2.45) is 10.7 Å². The van der Waals surface area contributed by atoms with E-state index >= 15 is 0 Å². The molecule has 4 rings (SSSR count). The monoisotopic (exact) mass is 518 g/mol. The maximum Gasteiger partial charge on any atom is 0.433 e. The zero-order valence-electron chi connectivity index (χ0n) is 19.2. The fraction of sp³-hybridized carbons (Fsp3) is 0.400. The van der Waals surface area contributed by atoms with Gasteiger partial charge in [0.05, 0.1) is 10.0 Å². The second-order valence-electron chi connectivity index (χ2n) is 8.81. The van der Waals surface area contributed by atoms with Crippen LogP contribution in [0.1, 0.15) is 41.6 Å². The highest BCUT2D eigenvalue weighted by molar-refractivity contribution is 6.42. The van der Waals surface area contributed by atoms with Gasteiger partial charge in [0.2, 0.25) is 0 Å². The molecule has 0 aliphatic carbocycles. The van der Waals surface area contributed by atoms with Gasteiger partial charge in [0, 0.05) is 49.4 Å². The molecule has 3 N–H and O–H groups in total. The number of carbonyl (C=O) groups is 2. The quantitative estimate of drug-likeness (QED) is 0.444. The summed E-state index contributed by atoms with van der Waals surface area (Å²) < 4.78 is 6.10. The van der Waals surface area contributed by atoms with Gasteiger partial charge >= 0.3 is 6.09 Å². The Hall–Kier alpha value is -2.81. The first-order chi connectivity index (χ1) is 16.8. The highest BCUT2D eigenvalue weighted by atomic mass is 35.5. The van der Waals surface area contributed by atoms with Crippen molar-refractivity contribution in [3.05, 3.63) is 63.6 Å². The molecule has 2 aliphatic heterocycles. The van der Waals surface area contributed by atoms with Crippen LogP contribution in [0.2, 0.25) is 10.0 Å². The van der Waals surface area contributed by atoms with Crippen LogP contribution < -0.4 is 10.5 Å². The van der Waals surface area contributed by atoms with Crippen LogP contribution in [0, 0.1) is 0 Å². The lowest BCUT2D eigenvalue weighted by molar-refractivity contribution is 0.0425. The normalized spacial score (nSPS) is 18.5. The molecule has 2 heterocycles. The molecule has 0 spiro atoms. The van der Waals surface area contributed by atoms with Crippen molar-refractivity contribution < 1.29 is 19.4 Å². The standard InChI is InChI=1S/C25H28Cl2N4O4/c26-21-6-5-20(15-22(21)27)35-19-9-13-30(14-10-19)18-7-11-31(12-8-18)24(32)17-3-1-16(2-4-17)23(28)29-25(33)34/h1-6,15,18-19H,7-14H2,(H2,28,29)(H,33,34). The van der Waals surface area contributed by atoms with Crippen molar-refractivity contribution in [2.75, 3.05) is 26.2 Å². The maximum atomic E-state index is 12.9. The van der Waals surface area contributed by atoms with Gasteiger partial charge in [-0.15, -0.1) is 0 Å². The van der Waals surface area contributed by atoms with Gasteiger partial charge < -0.3 is 20.5 Å². The number of benzene rings is 2. The third kappa shape index (κ3) is 6.45. The molecule has 0 saturated carbocycles. The third-order valence-electron chi connectivity index (χ3n) is 6.58. The minimum absolute atomic E-state index is 0.0301. The molecule has 2 aromatic rings. The summed E-state index contributed by atoms with van der Waals surface area (Å²) in [5, 5.41) is 9.73. The van der Waals surface area contributed by atoms with Crippen LogP contribution >= 0.6 is 23.2 Å². The molecule has 8 nitrogen and oxygen atoms in total.